The van der Waals surface area contributed by atoms with Crippen molar-refractivity contribution in [3.63, 3.8) is 0 Å². The molecule has 3 atom stereocenters. The second-order valence-corrected chi connectivity index (χ2v) is 7.97. The van der Waals surface area contributed by atoms with Crippen LogP contribution in [0.4, 0.5) is 5.82 Å². The SMILES string of the molecule is C=C1[C@H](COCc2ccccc2)[C@H](OCc2ccccc2)[C@H]1n1cnc2c(N)ncnc21. The maximum Gasteiger partial charge on any atom is 0.166 e. The van der Waals surface area contributed by atoms with Crippen LogP contribution in [0.3, 0.4) is 0 Å². The van der Waals surface area contributed by atoms with Crippen LogP contribution in [0.5, 0.6) is 0 Å². The molecule has 5 rings (SSSR count). The number of ether oxygens (including phenoxy) is 2. The van der Waals surface area contributed by atoms with Gasteiger partial charge in [0.25, 0.3) is 0 Å². The fraction of sp³-hybridized carbons (Fsp3) is 0.240. The fourth-order valence-electron chi connectivity index (χ4n) is 4.21. The van der Waals surface area contributed by atoms with Crippen molar-refractivity contribution >= 4 is 17.0 Å². The Balaban J connectivity index is 1.35. The van der Waals surface area contributed by atoms with Crippen molar-refractivity contribution in [3.8, 4) is 0 Å². The van der Waals surface area contributed by atoms with E-state index >= 15 is 0 Å². The summed E-state index contributed by atoms with van der Waals surface area (Å²) in [5.41, 5.74) is 10.5. The van der Waals surface area contributed by atoms with E-state index in [-0.39, 0.29) is 18.1 Å². The first-order chi connectivity index (χ1) is 15.7. The molecule has 7 heteroatoms. The van der Waals surface area contributed by atoms with E-state index in [2.05, 4.69) is 45.8 Å². The molecule has 0 saturated heterocycles. The minimum Gasteiger partial charge on any atom is -0.382 e. The summed E-state index contributed by atoms with van der Waals surface area (Å²) >= 11 is 0. The Bertz CT molecular complexity index is 1210. The van der Waals surface area contributed by atoms with E-state index in [0.717, 1.165) is 16.7 Å². The van der Waals surface area contributed by atoms with E-state index in [4.69, 9.17) is 15.2 Å². The number of anilines is 1. The van der Waals surface area contributed by atoms with Gasteiger partial charge < -0.3 is 19.8 Å². The molecular weight excluding hydrogens is 402 g/mol. The number of imidazole rings is 1. The van der Waals surface area contributed by atoms with Gasteiger partial charge in [0.1, 0.15) is 11.8 Å². The number of aromatic nitrogens is 4. The second kappa shape index (κ2) is 8.90. The van der Waals surface area contributed by atoms with Gasteiger partial charge in [-0.2, -0.15) is 0 Å². The molecule has 1 fully saturated rings. The normalized spacial score (nSPS) is 20.4. The topological polar surface area (TPSA) is 88.1 Å². The zero-order valence-corrected chi connectivity index (χ0v) is 17.7. The first-order valence-electron chi connectivity index (χ1n) is 10.6. The van der Waals surface area contributed by atoms with Crippen LogP contribution in [0.1, 0.15) is 17.2 Å². The summed E-state index contributed by atoms with van der Waals surface area (Å²) in [6.45, 7) is 5.95. The standard InChI is InChI=1S/C25H25N5O2/c1-17-20(14-31-12-18-8-4-2-5-9-18)23(32-13-19-10-6-3-7-11-19)22(17)30-16-29-21-24(26)27-15-28-25(21)30/h2-11,15-16,20,22-23H,1,12-14H2,(H2,26,27,28)/t20-,22-,23-/m0/s1. The third kappa shape index (κ3) is 3.88. The summed E-state index contributed by atoms with van der Waals surface area (Å²) in [7, 11) is 0. The lowest BCUT2D eigenvalue weighted by Crippen LogP contribution is -2.49. The van der Waals surface area contributed by atoms with Crippen LogP contribution >= 0.6 is 0 Å². The smallest absolute Gasteiger partial charge is 0.166 e. The van der Waals surface area contributed by atoms with Crippen molar-refractivity contribution in [2.45, 2.75) is 25.4 Å². The van der Waals surface area contributed by atoms with Gasteiger partial charge in [0.2, 0.25) is 0 Å². The summed E-state index contributed by atoms with van der Waals surface area (Å²) in [5.74, 6) is 0.437. The molecule has 162 valence electrons. The minimum atomic E-state index is -0.118. The van der Waals surface area contributed by atoms with Crippen LogP contribution in [-0.2, 0) is 22.7 Å². The Morgan fingerprint density at radius 3 is 2.31 bits per heavy atom. The number of nitrogens with two attached hydrogens (primary N) is 1. The van der Waals surface area contributed by atoms with Crippen LogP contribution in [-0.4, -0.2) is 32.2 Å². The zero-order valence-electron chi connectivity index (χ0n) is 17.7. The number of nitrogens with zero attached hydrogens (tertiary/aromatic N) is 4. The van der Waals surface area contributed by atoms with Gasteiger partial charge in [-0.15, -0.1) is 0 Å². The van der Waals surface area contributed by atoms with Gasteiger partial charge in [-0.3, -0.25) is 0 Å². The molecule has 2 N–H and O–H groups in total. The van der Waals surface area contributed by atoms with Gasteiger partial charge in [-0.25, -0.2) is 15.0 Å². The molecule has 1 aliphatic rings. The highest BCUT2D eigenvalue weighted by Gasteiger charge is 2.47. The molecule has 2 aromatic heterocycles. The summed E-state index contributed by atoms with van der Waals surface area (Å²) in [5, 5.41) is 0. The number of nitrogen functional groups attached to an aromatic ring is 1. The van der Waals surface area contributed by atoms with Gasteiger partial charge in [0.05, 0.1) is 38.3 Å². The fourth-order valence-corrected chi connectivity index (χ4v) is 4.21. The maximum absolute atomic E-state index is 6.40. The van der Waals surface area contributed by atoms with E-state index < -0.39 is 0 Å². The highest BCUT2D eigenvalue weighted by atomic mass is 16.5. The maximum atomic E-state index is 6.40. The summed E-state index contributed by atoms with van der Waals surface area (Å²) in [6.07, 6.45) is 3.08. The van der Waals surface area contributed by atoms with Crippen molar-refractivity contribution in [3.05, 3.63) is 96.6 Å². The highest BCUT2D eigenvalue weighted by molar-refractivity contribution is 5.81. The number of benzene rings is 2. The van der Waals surface area contributed by atoms with E-state index in [9.17, 15) is 0 Å². The van der Waals surface area contributed by atoms with Crippen molar-refractivity contribution in [2.24, 2.45) is 5.92 Å². The molecule has 0 amide bonds. The van der Waals surface area contributed by atoms with Crippen molar-refractivity contribution in [2.75, 3.05) is 12.3 Å². The molecular formula is C25H25N5O2. The Kier molecular flexibility index (Phi) is 5.66. The quantitative estimate of drug-likeness (QED) is 0.429. The molecule has 0 radical (unpaired) electrons. The third-order valence-electron chi connectivity index (χ3n) is 5.94. The Hall–Kier alpha value is -3.55. The number of fused-ring (bicyclic) bond motifs is 1. The van der Waals surface area contributed by atoms with Gasteiger partial charge in [0, 0.05) is 5.92 Å². The van der Waals surface area contributed by atoms with Crippen LogP contribution < -0.4 is 5.73 Å². The first-order valence-corrected chi connectivity index (χ1v) is 10.6. The Labute approximate surface area is 186 Å². The largest absolute Gasteiger partial charge is 0.382 e. The second-order valence-electron chi connectivity index (χ2n) is 7.97. The Morgan fingerprint density at radius 2 is 1.59 bits per heavy atom. The molecule has 0 bridgehead atoms. The summed E-state index contributed by atoms with van der Waals surface area (Å²) in [4.78, 5) is 12.9. The summed E-state index contributed by atoms with van der Waals surface area (Å²) < 4.78 is 14.4. The predicted molar refractivity (Wildman–Crippen MR) is 123 cm³/mol. The van der Waals surface area contributed by atoms with Crippen molar-refractivity contribution in [1.29, 1.82) is 0 Å². The van der Waals surface area contributed by atoms with Crippen LogP contribution in [0.25, 0.3) is 11.2 Å². The average molecular weight is 428 g/mol. The molecule has 1 saturated carbocycles. The van der Waals surface area contributed by atoms with E-state index in [1.54, 1.807) is 6.33 Å². The molecule has 7 nitrogen and oxygen atoms in total. The monoisotopic (exact) mass is 427 g/mol. The number of hydrogen-bond acceptors (Lipinski definition) is 6. The zero-order chi connectivity index (χ0) is 21.9. The molecule has 32 heavy (non-hydrogen) atoms. The minimum absolute atomic E-state index is 0.0732. The lowest BCUT2D eigenvalue weighted by molar-refractivity contribution is -0.0819. The predicted octanol–water partition coefficient (Wildman–Crippen LogP) is 3.94. The lowest BCUT2D eigenvalue weighted by atomic mass is 9.72. The molecule has 0 spiro atoms. The molecule has 0 unspecified atom stereocenters. The number of rotatable bonds is 8. The van der Waals surface area contributed by atoms with Gasteiger partial charge in [-0.05, 0) is 16.7 Å². The van der Waals surface area contributed by atoms with Gasteiger partial charge in [-0.1, -0.05) is 67.2 Å². The third-order valence-corrected chi connectivity index (χ3v) is 5.94. The highest BCUT2D eigenvalue weighted by Crippen LogP contribution is 2.46. The molecule has 4 aromatic rings. The summed E-state index contributed by atoms with van der Waals surface area (Å²) in [6, 6.07) is 20.2. The van der Waals surface area contributed by atoms with E-state index in [1.165, 1.54) is 6.33 Å². The van der Waals surface area contributed by atoms with E-state index in [1.807, 2.05) is 41.0 Å². The van der Waals surface area contributed by atoms with Gasteiger partial charge >= 0.3 is 0 Å². The van der Waals surface area contributed by atoms with E-state index in [0.29, 0.717) is 36.8 Å². The molecule has 2 aromatic carbocycles. The van der Waals surface area contributed by atoms with Crippen molar-refractivity contribution < 1.29 is 9.47 Å². The van der Waals surface area contributed by atoms with Crippen LogP contribution in [0.2, 0.25) is 0 Å². The Morgan fingerprint density at radius 1 is 0.906 bits per heavy atom. The van der Waals surface area contributed by atoms with Crippen LogP contribution in [0.15, 0.2) is 85.5 Å². The van der Waals surface area contributed by atoms with Gasteiger partial charge in [0.15, 0.2) is 11.5 Å². The molecule has 0 aliphatic heterocycles. The van der Waals surface area contributed by atoms with Crippen molar-refractivity contribution in [1.82, 2.24) is 19.5 Å². The molecule has 2 heterocycles. The molecule has 1 aliphatic carbocycles. The number of hydrogen-bond donors (Lipinski definition) is 1. The average Bonchev–Trinajstić information content (AvgIpc) is 3.25. The first kappa shape index (κ1) is 20.4. The lowest BCUT2D eigenvalue weighted by Gasteiger charge is -2.47. The van der Waals surface area contributed by atoms with Crippen LogP contribution in [0, 0.1) is 5.92 Å².